The number of aromatic nitrogens is 2. The molecule has 16 heavy (non-hydrogen) atoms. The minimum absolute atomic E-state index is 0.134. The minimum atomic E-state index is -0.134. The summed E-state index contributed by atoms with van der Waals surface area (Å²) in [5, 5.41) is 1.54. The second-order valence-electron chi connectivity index (χ2n) is 3.92. The fourth-order valence-corrected chi connectivity index (χ4v) is 1.62. The Balaban J connectivity index is 3.15. The molecule has 0 spiro atoms. The third-order valence-electron chi connectivity index (χ3n) is 2.85. The third kappa shape index (κ3) is 2.15. The van der Waals surface area contributed by atoms with E-state index in [-0.39, 0.29) is 5.91 Å². The molecule has 0 aliphatic carbocycles. The van der Waals surface area contributed by atoms with Gasteiger partial charge in [-0.3, -0.25) is 4.79 Å². The molecule has 1 unspecified atom stereocenters. The lowest BCUT2D eigenvalue weighted by Crippen LogP contribution is -2.37. The first-order valence-corrected chi connectivity index (χ1v) is 5.47. The lowest BCUT2D eigenvalue weighted by Gasteiger charge is -2.23. The summed E-state index contributed by atoms with van der Waals surface area (Å²) in [6.45, 7) is 9.62. The van der Waals surface area contributed by atoms with Crippen LogP contribution in [0.5, 0.6) is 0 Å². The molecule has 0 radical (unpaired) electrons. The first-order valence-electron chi connectivity index (χ1n) is 5.47. The molecule has 4 nitrogen and oxygen atoms in total. The number of amides is 1. The first kappa shape index (κ1) is 12.5. The number of imidazole rings is 1. The average Bonchev–Trinajstić information content (AvgIpc) is 2.68. The van der Waals surface area contributed by atoms with E-state index in [1.54, 1.807) is 7.05 Å². The standard InChI is InChI=1S/C12H19N3O/c1-6-9(3)11-8-13-10(4)15(11)14(5)12(16)7-2/h7-9H,2,6H2,1,3-5H3. The molecule has 1 heterocycles. The maximum atomic E-state index is 11.6. The quantitative estimate of drug-likeness (QED) is 0.729. The zero-order valence-corrected chi connectivity index (χ0v) is 10.4. The summed E-state index contributed by atoms with van der Waals surface area (Å²) in [6, 6.07) is 0. The summed E-state index contributed by atoms with van der Waals surface area (Å²) in [6.07, 6.45) is 4.15. The smallest absolute Gasteiger partial charge is 0.264 e. The first-order chi connectivity index (χ1) is 7.52. The lowest BCUT2D eigenvalue weighted by atomic mass is 10.1. The summed E-state index contributed by atoms with van der Waals surface area (Å²) in [5.41, 5.74) is 1.05. The zero-order chi connectivity index (χ0) is 12.3. The van der Waals surface area contributed by atoms with Crippen LogP contribution < -0.4 is 5.01 Å². The maximum Gasteiger partial charge on any atom is 0.264 e. The molecule has 0 N–H and O–H groups in total. The van der Waals surface area contributed by atoms with Gasteiger partial charge in [0.2, 0.25) is 0 Å². The largest absolute Gasteiger partial charge is 0.268 e. The van der Waals surface area contributed by atoms with E-state index in [1.165, 1.54) is 11.1 Å². The Morgan fingerprint density at radius 3 is 2.88 bits per heavy atom. The van der Waals surface area contributed by atoms with Gasteiger partial charge in [-0.05, 0) is 25.3 Å². The van der Waals surface area contributed by atoms with Crippen LogP contribution in [0.15, 0.2) is 18.9 Å². The highest BCUT2D eigenvalue weighted by Crippen LogP contribution is 2.19. The highest BCUT2D eigenvalue weighted by molar-refractivity contribution is 5.95. The number of likely N-dealkylation sites (N-methyl/N-ethyl adjacent to an activating group) is 1. The molecule has 1 aromatic heterocycles. The van der Waals surface area contributed by atoms with Crippen molar-refractivity contribution in [3.63, 3.8) is 0 Å². The summed E-state index contributed by atoms with van der Waals surface area (Å²) >= 11 is 0. The van der Waals surface area contributed by atoms with Crippen LogP contribution in [0.2, 0.25) is 0 Å². The normalized spacial score (nSPS) is 12.2. The van der Waals surface area contributed by atoms with Crippen molar-refractivity contribution in [1.29, 1.82) is 0 Å². The van der Waals surface area contributed by atoms with Gasteiger partial charge in [0.1, 0.15) is 5.82 Å². The van der Waals surface area contributed by atoms with Gasteiger partial charge in [0.05, 0.1) is 11.9 Å². The Hall–Kier alpha value is -1.58. The van der Waals surface area contributed by atoms with Gasteiger partial charge in [0.15, 0.2) is 0 Å². The highest BCUT2D eigenvalue weighted by Gasteiger charge is 2.17. The molecule has 1 atom stereocenters. The van der Waals surface area contributed by atoms with Gasteiger partial charge in [0, 0.05) is 7.05 Å². The fraction of sp³-hybridized carbons (Fsp3) is 0.500. The number of hydrogen-bond acceptors (Lipinski definition) is 2. The van der Waals surface area contributed by atoms with Crippen LogP contribution in [-0.4, -0.2) is 22.6 Å². The summed E-state index contributed by atoms with van der Waals surface area (Å²) in [4.78, 5) is 15.8. The van der Waals surface area contributed by atoms with Crippen molar-refractivity contribution in [3.05, 3.63) is 30.4 Å². The third-order valence-corrected chi connectivity index (χ3v) is 2.85. The summed E-state index contributed by atoms with van der Waals surface area (Å²) in [7, 11) is 1.73. The van der Waals surface area contributed by atoms with Gasteiger partial charge in [-0.2, -0.15) is 0 Å². The van der Waals surface area contributed by atoms with E-state index in [9.17, 15) is 4.79 Å². The SMILES string of the molecule is C=CC(=O)N(C)n1c(C(C)CC)cnc1C. The summed E-state index contributed by atoms with van der Waals surface area (Å²) in [5.74, 6) is 1.06. The van der Waals surface area contributed by atoms with E-state index < -0.39 is 0 Å². The van der Waals surface area contributed by atoms with E-state index in [0.717, 1.165) is 17.9 Å². The van der Waals surface area contributed by atoms with Gasteiger partial charge in [0.25, 0.3) is 5.91 Å². The monoisotopic (exact) mass is 221 g/mol. The number of nitrogens with zero attached hydrogens (tertiary/aromatic N) is 3. The van der Waals surface area contributed by atoms with Crippen molar-refractivity contribution in [3.8, 4) is 0 Å². The van der Waals surface area contributed by atoms with Crippen LogP contribution in [-0.2, 0) is 4.79 Å². The Labute approximate surface area is 96.6 Å². The molecule has 0 aliphatic heterocycles. The zero-order valence-electron chi connectivity index (χ0n) is 10.4. The van der Waals surface area contributed by atoms with E-state index in [4.69, 9.17) is 0 Å². The predicted molar refractivity (Wildman–Crippen MR) is 65.0 cm³/mol. The molecular weight excluding hydrogens is 202 g/mol. The molecule has 0 saturated carbocycles. The average molecular weight is 221 g/mol. The van der Waals surface area contributed by atoms with Crippen molar-refractivity contribution in [2.45, 2.75) is 33.1 Å². The molecule has 1 amide bonds. The molecule has 1 rings (SSSR count). The van der Waals surface area contributed by atoms with E-state index in [0.29, 0.717) is 5.92 Å². The molecule has 0 bridgehead atoms. The van der Waals surface area contributed by atoms with Crippen molar-refractivity contribution < 1.29 is 4.79 Å². The van der Waals surface area contributed by atoms with Crippen molar-refractivity contribution in [1.82, 2.24) is 9.66 Å². The maximum absolute atomic E-state index is 11.6. The number of aryl methyl sites for hydroxylation is 1. The topological polar surface area (TPSA) is 38.1 Å². The van der Waals surface area contributed by atoms with E-state index in [1.807, 2.05) is 17.8 Å². The van der Waals surface area contributed by atoms with Crippen LogP contribution >= 0.6 is 0 Å². The van der Waals surface area contributed by atoms with E-state index in [2.05, 4.69) is 25.4 Å². The van der Waals surface area contributed by atoms with Gasteiger partial charge in [-0.25, -0.2) is 14.7 Å². The van der Waals surface area contributed by atoms with Crippen molar-refractivity contribution >= 4 is 5.91 Å². The second-order valence-corrected chi connectivity index (χ2v) is 3.92. The molecular formula is C12H19N3O. The minimum Gasteiger partial charge on any atom is -0.268 e. The number of hydrogen-bond donors (Lipinski definition) is 0. The van der Waals surface area contributed by atoms with Gasteiger partial charge in [-0.1, -0.05) is 20.4 Å². The lowest BCUT2D eigenvalue weighted by molar-refractivity contribution is -0.115. The van der Waals surface area contributed by atoms with Crippen LogP contribution in [0.4, 0.5) is 0 Å². The Morgan fingerprint density at radius 1 is 1.75 bits per heavy atom. The van der Waals surface area contributed by atoms with Gasteiger partial charge < -0.3 is 0 Å². The van der Waals surface area contributed by atoms with Crippen LogP contribution in [0, 0.1) is 6.92 Å². The molecule has 0 saturated heterocycles. The number of carbonyl (C=O) groups excluding carboxylic acids is 1. The Bertz CT molecular complexity index is 395. The Morgan fingerprint density at radius 2 is 2.38 bits per heavy atom. The molecule has 88 valence electrons. The highest BCUT2D eigenvalue weighted by atomic mass is 16.2. The van der Waals surface area contributed by atoms with Crippen LogP contribution in [0.25, 0.3) is 0 Å². The molecule has 0 aliphatic rings. The van der Waals surface area contributed by atoms with Crippen molar-refractivity contribution in [2.24, 2.45) is 0 Å². The van der Waals surface area contributed by atoms with Crippen LogP contribution in [0.3, 0.4) is 0 Å². The molecule has 0 fully saturated rings. The summed E-state index contributed by atoms with van der Waals surface area (Å²) < 4.78 is 1.85. The molecule has 4 heteroatoms. The van der Waals surface area contributed by atoms with Crippen molar-refractivity contribution in [2.75, 3.05) is 12.1 Å². The van der Waals surface area contributed by atoms with E-state index >= 15 is 0 Å². The predicted octanol–water partition coefficient (Wildman–Crippen LogP) is 1.99. The number of rotatable bonds is 4. The van der Waals surface area contributed by atoms with Crippen LogP contribution in [0.1, 0.15) is 37.7 Å². The van der Waals surface area contributed by atoms with Gasteiger partial charge in [-0.15, -0.1) is 0 Å². The van der Waals surface area contributed by atoms with Gasteiger partial charge >= 0.3 is 0 Å². The Kier molecular flexibility index (Phi) is 3.88. The fourth-order valence-electron chi connectivity index (χ4n) is 1.62. The second kappa shape index (κ2) is 4.96. The molecule has 0 aromatic carbocycles. The molecule has 1 aromatic rings. The number of carbonyl (C=O) groups is 1.